The quantitative estimate of drug-likeness (QED) is 0.645. The first-order valence-corrected chi connectivity index (χ1v) is 6.06. The molecule has 1 aromatic carbocycles. The fourth-order valence-corrected chi connectivity index (χ4v) is 1.90. The third-order valence-electron chi connectivity index (χ3n) is 2.41. The maximum atomic E-state index is 11.5. The molecule has 0 aliphatic carbocycles. The number of carbonyl (C=O) groups is 1. The summed E-state index contributed by atoms with van der Waals surface area (Å²) >= 11 is 3.32. The van der Waals surface area contributed by atoms with Crippen LogP contribution in [-0.4, -0.2) is 20.2 Å². The number of alkyl halides is 1. The zero-order chi connectivity index (χ0) is 12.4. The van der Waals surface area contributed by atoms with Crippen molar-refractivity contribution in [3.05, 3.63) is 29.5 Å². The lowest BCUT2D eigenvalue weighted by Crippen LogP contribution is -2.01. The van der Waals surface area contributed by atoms with Gasteiger partial charge in [0.1, 0.15) is 5.76 Å². The molecule has 2 rings (SSSR count). The van der Waals surface area contributed by atoms with E-state index >= 15 is 0 Å². The number of halogens is 1. The van der Waals surface area contributed by atoms with Crippen LogP contribution in [0.4, 0.5) is 0 Å². The van der Waals surface area contributed by atoms with E-state index in [0.717, 1.165) is 11.1 Å². The maximum Gasteiger partial charge on any atom is 0.338 e. The van der Waals surface area contributed by atoms with E-state index in [4.69, 9.17) is 9.15 Å². The topological polar surface area (TPSA) is 48.7 Å². The van der Waals surface area contributed by atoms with Gasteiger partial charge in [-0.25, -0.2) is 4.79 Å². The molecule has 0 N–H and O–H groups in total. The summed E-state index contributed by atoms with van der Waals surface area (Å²) < 4.78 is 15.5. The number of methoxy groups -OCH3 is 2. The molecule has 1 aromatic heterocycles. The van der Waals surface area contributed by atoms with Crippen molar-refractivity contribution in [3.63, 3.8) is 0 Å². The van der Waals surface area contributed by atoms with Crippen molar-refractivity contribution in [2.45, 2.75) is 5.33 Å². The van der Waals surface area contributed by atoms with Crippen LogP contribution in [0.25, 0.3) is 11.0 Å². The number of benzene rings is 1. The minimum atomic E-state index is -0.396. The van der Waals surface area contributed by atoms with Crippen molar-refractivity contribution in [2.75, 3.05) is 14.2 Å². The van der Waals surface area contributed by atoms with Crippen LogP contribution in [0.15, 0.2) is 22.6 Å². The van der Waals surface area contributed by atoms with E-state index in [1.54, 1.807) is 12.1 Å². The molecule has 0 saturated heterocycles. The van der Waals surface area contributed by atoms with E-state index in [0.29, 0.717) is 22.2 Å². The molecule has 2 aromatic rings. The number of ether oxygens (including phenoxy) is 2. The summed E-state index contributed by atoms with van der Waals surface area (Å²) in [7, 11) is 2.88. The van der Waals surface area contributed by atoms with E-state index in [1.807, 2.05) is 6.07 Å². The van der Waals surface area contributed by atoms with Gasteiger partial charge in [-0.3, -0.25) is 0 Å². The molecule has 0 aliphatic heterocycles. The molecule has 0 radical (unpaired) electrons. The average Bonchev–Trinajstić information content (AvgIpc) is 2.79. The lowest BCUT2D eigenvalue weighted by molar-refractivity contribution is 0.0600. The van der Waals surface area contributed by atoms with Gasteiger partial charge in [-0.1, -0.05) is 15.9 Å². The molecular weight excluding hydrogens is 288 g/mol. The molecular formula is C12H11BrO4. The molecule has 0 saturated carbocycles. The average molecular weight is 299 g/mol. The molecule has 90 valence electrons. The zero-order valence-electron chi connectivity index (χ0n) is 9.45. The SMILES string of the molecule is COC(=O)c1cc(OC)c2oc(CBr)cc2c1. The van der Waals surface area contributed by atoms with Gasteiger partial charge in [0.25, 0.3) is 0 Å². The smallest absolute Gasteiger partial charge is 0.338 e. The summed E-state index contributed by atoms with van der Waals surface area (Å²) in [5, 5.41) is 1.43. The summed E-state index contributed by atoms with van der Waals surface area (Å²) in [6.45, 7) is 0. The highest BCUT2D eigenvalue weighted by Crippen LogP contribution is 2.31. The molecule has 0 atom stereocenters. The fourth-order valence-electron chi connectivity index (χ4n) is 1.63. The highest BCUT2D eigenvalue weighted by molar-refractivity contribution is 9.08. The van der Waals surface area contributed by atoms with Crippen molar-refractivity contribution < 1.29 is 18.7 Å². The van der Waals surface area contributed by atoms with Gasteiger partial charge in [-0.2, -0.15) is 0 Å². The molecule has 0 aliphatic rings. The van der Waals surface area contributed by atoms with Crippen LogP contribution in [0, 0.1) is 0 Å². The Labute approximate surface area is 107 Å². The van der Waals surface area contributed by atoms with Gasteiger partial charge in [-0.05, 0) is 18.2 Å². The summed E-state index contributed by atoms with van der Waals surface area (Å²) in [6.07, 6.45) is 0. The maximum absolute atomic E-state index is 11.5. The Morgan fingerprint density at radius 3 is 2.71 bits per heavy atom. The van der Waals surface area contributed by atoms with Crippen molar-refractivity contribution in [2.24, 2.45) is 0 Å². The second-order valence-electron chi connectivity index (χ2n) is 3.43. The predicted octanol–water partition coefficient (Wildman–Crippen LogP) is 3.12. The Balaban J connectivity index is 2.64. The molecule has 0 unspecified atom stereocenters. The third-order valence-corrected chi connectivity index (χ3v) is 2.96. The van der Waals surface area contributed by atoms with E-state index in [9.17, 15) is 4.79 Å². The molecule has 0 fully saturated rings. The van der Waals surface area contributed by atoms with Crippen LogP contribution in [0.2, 0.25) is 0 Å². The summed E-state index contributed by atoms with van der Waals surface area (Å²) in [4.78, 5) is 11.5. The Kier molecular flexibility index (Phi) is 3.38. The number of fused-ring (bicyclic) bond motifs is 1. The van der Waals surface area contributed by atoms with Crippen LogP contribution in [0.3, 0.4) is 0 Å². The van der Waals surface area contributed by atoms with Crippen LogP contribution >= 0.6 is 15.9 Å². The van der Waals surface area contributed by atoms with Crippen molar-refractivity contribution in [1.29, 1.82) is 0 Å². The normalized spacial score (nSPS) is 10.5. The first kappa shape index (κ1) is 12.0. The first-order chi connectivity index (χ1) is 8.19. The Hall–Kier alpha value is -1.49. The molecule has 0 bridgehead atoms. The predicted molar refractivity (Wildman–Crippen MR) is 66.7 cm³/mol. The summed E-state index contributed by atoms with van der Waals surface area (Å²) in [5.41, 5.74) is 1.08. The largest absolute Gasteiger partial charge is 0.493 e. The van der Waals surface area contributed by atoms with Gasteiger partial charge in [-0.15, -0.1) is 0 Å². The monoisotopic (exact) mass is 298 g/mol. The van der Waals surface area contributed by atoms with Crippen LogP contribution in [-0.2, 0) is 10.1 Å². The van der Waals surface area contributed by atoms with Gasteiger partial charge in [0.05, 0.1) is 25.1 Å². The number of esters is 1. The number of carbonyl (C=O) groups excluding carboxylic acids is 1. The van der Waals surface area contributed by atoms with Gasteiger partial charge in [0, 0.05) is 5.39 Å². The van der Waals surface area contributed by atoms with Gasteiger partial charge >= 0.3 is 5.97 Å². The van der Waals surface area contributed by atoms with E-state index < -0.39 is 5.97 Å². The summed E-state index contributed by atoms with van der Waals surface area (Å²) in [5.74, 6) is 0.905. The van der Waals surface area contributed by atoms with Crippen LogP contribution in [0.1, 0.15) is 16.1 Å². The standard InChI is InChI=1S/C12H11BrO4/c1-15-10-5-8(12(14)16-2)3-7-4-9(6-13)17-11(7)10/h3-5H,6H2,1-2H3. The fraction of sp³-hybridized carbons (Fsp3) is 0.250. The molecule has 5 heteroatoms. The Bertz CT molecular complexity index is 559. The van der Waals surface area contributed by atoms with E-state index in [-0.39, 0.29) is 0 Å². The number of hydrogen-bond acceptors (Lipinski definition) is 4. The number of rotatable bonds is 3. The molecule has 17 heavy (non-hydrogen) atoms. The molecule has 0 spiro atoms. The van der Waals surface area contributed by atoms with E-state index in [2.05, 4.69) is 20.7 Å². The lowest BCUT2D eigenvalue weighted by Gasteiger charge is -2.04. The second kappa shape index (κ2) is 4.79. The molecule has 4 nitrogen and oxygen atoms in total. The van der Waals surface area contributed by atoms with Gasteiger partial charge in [0.2, 0.25) is 0 Å². The van der Waals surface area contributed by atoms with Crippen molar-refractivity contribution >= 4 is 32.9 Å². The molecule has 0 amide bonds. The lowest BCUT2D eigenvalue weighted by atomic mass is 10.1. The number of furan rings is 1. The van der Waals surface area contributed by atoms with Crippen molar-refractivity contribution in [1.82, 2.24) is 0 Å². The minimum Gasteiger partial charge on any atom is -0.493 e. The van der Waals surface area contributed by atoms with E-state index in [1.165, 1.54) is 14.2 Å². The first-order valence-electron chi connectivity index (χ1n) is 4.94. The van der Waals surface area contributed by atoms with Gasteiger partial charge in [0.15, 0.2) is 11.3 Å². The molecule has 1 heterocycles. The minimum absolute atomic E-state index is 0.396. The highest BCUT2D eigenvalue weighted by atomic mass is 79.9. The van der Waals surface area contributed by atoms with Crippen molar-refractivity contribution in [3.8, 4) is 5.75 Å². The summed E-state index contributed by atoms with van der Waals surface area (Å²) in [6, 6.07) is 5.19. The van der Waals surface area contributed by atoms with Crippen LogP contribution in [0.5, 0.6) is 5.75 Å². The Morgan fingerprint density at radius 1 is 1.35 bits per heavy atom. The number of hydrogen-bond donors (Lipinski definition) is 0. The highest BCUT2D eigenvalue weighted by Gasteiger charge is 2.14. The van der Waals surface area contributed by atoms with Gasteiger partial charge < -0.3 is 13.9 Å². The van der Waals surface area contributed by atoms with Crippen LogP contribution < -0.4 is 4.74 Å². The second-order valence-corrected chi connectivity index (χ2v) is 4.00. The zero-order valence-corrected chi connectivity index (χ0v) is 11.0. The third kappa shape index (κ3) is 2.15. The Morgan fingerprint density at radius 2 is 2.12 bits per heavy atom.